The van der Waals surface area contributed by atoms with Crippen molar-refractivity contribution >= 4 is 23.1 Å². The van der Waals surface area contributed by atoms with Crippen molar-refractivity contribution in [3.8, 4) is 0 Å². The number of carboxylic acid groups (broad SMARTS) is 1. The highest BCUT2D eigenvalue weighted by Crippen LogP contribution is 2.28. The first-order valence-corrected chi connectivity index (χ1v) is 6.02. The van der Waals surface area contributed by atoms with Crippen molar-refractivity contribution in [3.63, 3.8) is 0 Å². The summed E-state index contributed by atoms with van der Waals surface area (Å²) in [7, 11) is 0. The van der Waals surface area contributed by atoms with Gasteiger partial charge in [0.05, 0.1) is 0 Å². The van der Waals surface area contributed by atoms with Gasteiger partial charge in [-0.1, -0.05) is 6.07 Å². The van der Waals surface area contributed by atoms with Crippen LogP contribution in [0.4, 0.5) is 6.01 Å². The van der Waals surface area contributed by atoms with Crippen molar-refractivity contribution < 1.29 is 14.3 Å². The van der Waals surface area contributed by atoms with Gasteiger partial charge in [0, 0.05) is 6.54 Å². The molecule has 94 valence electrons. The maximum absolute atomic E-state index is 11.1. The number of carboxylic acids is 1. The van der Waals surface area contributed by atoms with Gasteiger partial charge >= 0.3 is 5.97 Å². The molecule has 1 saturated heterocycles. The number of aliphatic carboxylic acids is 1. The fourth-order valence-electron chi connectivity index (χ4n) is 2.40. The van der Waals surface area contributed by atoms with Crippen molar-refractivity contribution in [1.29, 1.82) is 0 Å². The number of anilines is 1. The Morgan fingerprint density at radius 1 is 1.56 bits per heavy atom. The highest BCUT2D eigenvalue weighted by atomic mass is 16.4. The van der Waals surface area contributed by atoms with E-state index in [0.29, 0.717) is 24.6 Å². The summed E-state index contributed by atoms with van der Waals surface area (Å²) in [6.45, 7) is 2.67. The van der Waals surface area contributed by atoms with Crippen molar-refractivity contribution in [1.82, 2.24) is 4.98 Å². The molecule has 5 heteroatoms. The largest absolute Gasteiger partial charge is 0.480 e. The van der Waals surface area contributed by atoms with Crippen LogP contribution in [-0.2, 0) is 4.79 Å². The Balaban J connectivity index is 2.01. The molecule has 1 N–H and O–H groups in total. The number of aromatic nitrogens is 1. The van der Waals surface area contributed by atoms with Crippen LogP contribution in [0.1, 0.15) is 18.4 Å². The van der Waals surface area contributed by atoms with E-state index in [-0.39, 0.29) is 0 Å². The minimum Gasteiger partial charge on any atom is -0.480 e. The lowest BCUT2D eigenvalue weighted by atomic mass is 10.2. The van der Waals surface area contributed by atoms with Crippen LogP contribution < -0.4 is 4.90 Å². The smallest absolute Gasteiger partial charge is 0.326 e. The van der Waals surface area contributed by atoms with Crippen LogP contribution in [0.2, 0.25) is 0 Å². The van der Waals surface area contributed by atoms with E-state index in [1.165, 1.54) is 0 Å². The molecule has 3 rings (SSSR count). The van der Waals surface area contributed by atoms with Gasteiger partial charge in [-0.25, -0.2) is 4.79 Å². The van der Waals surface area contributed by atoms with E-state index < -0.39 is 12.0 Å². The van der Waals surface area contributed by atoms with Gasteiger partial charge in [-0.2, -0.15) is 4.98 Å². The minimum absolute atomic E-state index is 0.417. The Hall–Kier alpha value is -2.04. The Morgan fingerprint density at radius 2 is 2.39 bits per heavy atom. The molecule has 0 saturated carbocycles. The van der Waals surface area contributed by atoms with Gasteiger partial charge in [-0.05, 0) is 37.5 Å². The van der Waals surface area contributed by atoms with Gasteiger partial charge in [0.2, 0.25) is 0 Å². The summed E-state index contributed by atoms with van der Waals surface area (Å²) >= 11 is 0. The number of hydrogen-bond acceptors (Lipinski definition) is 4. The molecule has 1 aromatic heterocycles. The van der Waals surface area contributed by atoms with Gasteiger partial charge in [0.15, 0.2) is 5.58 Å². The Bertz CT molecular complexity index is 605. The number of carbonyl (C=O) groups is 1. The second-order valence-corrected chi connectivity index (χ2v) is 4.66. The first-order chi connectivity index (χ1) is 8.65. The molecular formula is C13H14N2O3. The molecule has 1 unspecified atom stereocenters. The van der Waals surface area contributed by atoms with Crippen molar-refractivity contribution in [2.75, 3.05) is 11.4 Å². The lowest BCUT2D eigenvalue weighted by molar-refractivity contribution is -0.138. The number of fused-ring (bicyclic) bond motifs is 1. The average Bonchev–Trinajstić information content (AvgIpc) is 2.93. The normalized spacial score (nSPS) is 19.6. The maximum Gasteiger partial charge on any atom is 0.326 e. The lowest BCUT2D eigenvalue weighted by Crippen LogP contribution is -2.36. The summed E-state index contributed by atoms with van der Waals surface area (Å²) in [5.74, 6) is -0.814. The zero-order valence-corrected chi connectivity index (χ0v) is 10.1. The molecule has 0 amide bonds. The monoisotopic (exact) mass is 246 g/mol. The molecule has 1 fully saturated rings. The quantitative estimate of drug-likeness (QED) is 0.879. The minimum atomic E-state index is -0.814. The first-order valence-electron chi connectivity index (χ1n) is 6.02. The lowest BCUT2D eigenvalue weighted by Gasteiger charge is -2.18. The molecule has 1 aromatic carbocycles. The average molecular weight is 246 g/mol. The van der Waals surface area contributed by atoms with Gasteiger partial charge in [0.25, 0.3) is 6.01 Å². The number of oxazole rings is 1. The molecule has 1 aliphatic heterocycles. The molecular weight excluding hydrogens is 232 g/mol. The van der Waals surface area contributed by atoms with Crippen LogP contribution in [0.3, 0.4) is 0 Å². The SMILES string of the molecule is Cc1ccc2oc(N3CCCC3C(=O)O)nc2c1. The Morgan fingerprint density at radius 3 is 3.17 bits per heavy atom. The molecule has 0 aliphatic carbocycles. The van der Waals surface area contributed by atoms with Crippen LogP contribution in [-0.4, -0.2) is 28.6 Å². The van der Waals surface area contributed by atoms with Crippen molar-refractivity contribution in [3.05, 3.63) is 23.8 Å². The van der Waals surface area contributed by atoms with Gasteiger partial charge in [-0.3, -0.25) is 0 Å². The van der Waals surface area contributed by atoms with Gasteiger partial charge in [-0.15, -0.1) is 0 Å². The highest BCUT2D eigenvalue weighted by molar-refractivity contribution is 5.80. The summed E-state index contributed by atoms with van der Waals surface area (Å²) in [4.78, 5) is 17.3. The van der Waals surface area contributed by atoms with Crippen LogP contribution in [0, 0.1) is 6.92 Å². The molecule has 0 bridgehead atoms. The molecule has 2 heterocycles. The van der Waals surface area contributed by atoms with Crippen LogP contribution in [0.5, 0.6) is 0 Å². The number of benzene rings is 1. The highest BCUT2D eigenvalue weighted by Gasteiger charge is 2.33. The summed E-state index contributed by atoms with van der Waals surface area (Å²) in [5, 5.41) is 9.15. The zero-order chi connectivity index (χ0) is 12.7. The topological polar surface area (TPSA) is 66.6 Å². The van der Waals surface area contributed by atoms with Crippen molar-refractivity contribution in [2.45, 2.75) is 25.8 Å². The molecule has 2 aromatic rings. The zero-order valence-electron chi connectivity index (χ0n) is 10.1. The number of aryl methyl sites for hydroxylation is 1. The van der Waals surface area contributed by atoms with Gasteiger partial charge in [0.1, 0.15) is 11.6 Å². The van der Waals surface area contributed by atoms with Crippen LogP contribution >= 0.6 is 0 Å². The van der Waals surface area contributed by atoms with E-state index in [1.54, 1.807) is 4.90 Å². The van der Waals surface area contributed by atoms with E-state index in [1.807, 2.05) is 25.1 Å². The molecule has 18 heavy (non-hydrogen) atoms. The van der Waals surface area contributed by atoms with Crippen LogP contribution in [0.15, 0.2) is 22.6 Å². The van der Waals surface area contributed by atoms with Crippen LogP contribution in [0.25, 0.3) is 11.1 Å². The predicted octanol–water partition coefficient (Wildman–Crippen LogP) is 2.19. The van der Waals surface area contributed by atoms with E-state index in [0.717, 1.165) is 17.5 Å². The molecule has 1 aliphatic rings. The van der Waals surface area contributed by atoms with Crippen molar-refractivity contribution in [2.24, 2.45) is 0 Å². The molecule has 5 nitrogen and oxygen atoms in total. The molecule has 0 spiro atoms. The van der Waals surface area contributed by atoms with E-state index in [2.05, 4.69) is 4.98 Å². The second-order valence-electron chi connectivity index (χ2n) is 4.66. The third-order valence-corrected chi connectivity index (χ3v) is 3.32. The fourth-order valence-corrected chi connectivity index (χ4v) is 2.40. The summed E-state index contributed by atoms with van der Waals surface area (Å²) in [6, 6.07) is 5.66. The predicted molar refractivity (Wildman–Crippen MR) is 66.7 cm³/mol. The molecule has 1 atom stereocenters. The summed E-state index contributed by atoms with van der Waals surface area (Å²) in [5.41, 5.74) is 2.59. The standard InChI is InChI=1S/C13H14N2O3/c1-8-4-5-11-9(7-8)14-13(18-11)15-6-2-3-10(15)12(16)17/h4-5,7,10H,2-3,6H2,1H3,(H,16,17). The number of nitrogens with zero attached hydrogens (tertiary/aromatic N) is 2. The first kappa shape index (κ1) is 11.1. The van der Waals surface area contributed by atoms with E-state index in [4.69, 9.17) is 9.52 Å². The van der Waals surface area contributed by atoms with Gasteiger partial charge < -0.3 is 14.4 Å². The third kappa shape index (κ3) is 1.72. The van der Waals surface area contributed by atoms with E-state index in [9.17, 15) is 4.79 Å². The number of hydrogen-bond donors (Lipinski definition) is 1. The summed E-state index contributed by atoms with van der Waals surface area (Å²) in [6.07, 6.45) is 1.50. The number of rotatable bonds is 2. The molecule has 0 radical (unpaired) electrons. The van der Waals surface area contributed by atoms with E-state index >= 15 is 0 Å². The Kier molecular flexibility index (Phi) is 2.47. The Labute approximate surface area is 104 Å². The fraction of sp³-hybridized carbons (Fsp3) is 0.385. The second kappa shape index (κ2) is 4.01. The third-order valence-electron chi connectivity index (χ3n) is 3.32. The summed E-state index contributed by atoms with van der Waals surface area (Å²) < 4.78 is 5.64. The maximum atomic E-state index is 11.1.